The summed E-state index contributed by atoms with van der Waals surface area (Å²) >= 11 is 0. The van der Waals surface area contributed by atoms with Crippen molar-refractivity contribution in [3.8, 4) is 0 Å². The minimum Gasteiger partial charge on any atom is -0.355 e. The zero-order chi connectivity index (χ0) is 14.1. The molecule has 106 valence electrons. The topological polar surface area (TPSA) is 83.5 Å². The highest BCUT2D eigenvalue weighted by Gasteiger charge is 2.25. The maximum Gasteiger partial charge on any atom is 0.199 e. The summed E-state index contributed by atoms with van der Waals surface area (Å²) in [5, 5.41) is 7.36. The predicted octanol–water partition coefficient (Wildman–Crippen LogP) is 1.53. The van der Waals surface area contributed by atoms with Gasteiger partial charge in [-0.25, -0.2) is 15.0 Å². The summed E-state index contributed by atoms with van der Waals surface area (Å²) < 4.78 is 0. The molecule has 1 fully saturated rings. The largest absolute Gasteiger partial charge is 0.355 e. The van der Waals surface area contributed by atoms with Gasteiger partial charge >= 0.3 is 0 Å². The number of rotatable bonds is 2. The summed E-state index contributed by atoms with van der Waals surface area (Å²) in [5.41, 5.74) is 2.64. The fourth-order valence-corrected chi connectivity index (χ4v) is 2.93. The van der Waals surface area contributed by atoms with Gasteiger partial charge in [-0.15, -0.1) is 0 Å². The van der Waals surface area contributed by atoms with E-state index in [-0.39, 0.29) is 0 Å². The number of hydrogen-bond donors (Lipinski definition) is 1. The highest BCUT2D eigenvalue weighted by Crippen LogP contribution is 2.30. The Morgan fingerprint density at radius 2 is 2.00 bits per heavy atom. The normalized spacial score (nSPS) is 19.0. The molecule has 21 heavy (non-hydrogen) atoms. The van der Waals surface area contributed by atoms with Crippen molar-refractivity contribution in [1.29, 1.82) is 0 Å². The Hall–Kier alpha value is -2.57. The average molecular weight is 281 g/mol. The molecule has 0 amide bonds. The van der Waals surface area contributed by atoms with Crippen LogP contribution in [0.3, 0.4) is 0 Å². The Labute approximate surface area is 121 Å². The van der Waals surface area contributed by atoms with Crippen LogP contribution in [0, 0.1) is 0 Å². The molecule has 1 saturated heterocycles. The molecule has 0 unspecified atom stereocenters. The maximum atomic E-state index is 4.41. The summed E-state index contributed by atoms with van der Waals surface area (Å²) in [7, 11) is 0. The van der Waals surface area contributed by atoms with Crippen molar-refractivity contribution < 1.29 is 0 Å². The second kappa shape index (κ2) is 5.08. The monoisotopic (exact) mass is 281 g/mol. The van der Waals surface area contributed by atoms with Crippen LogP contribution in [0.5, 0.6) is 0 Å². The summed E-state index contributed by atoms with van der Waals surface area (Å²) in [6, 6.07) is 0. The first kappa shape index (κ1) is 12.2. The van der Waals surface area contributed by atoms with Gasteiger partial charge in [0.25, 0.3) is 0 Å². The maximum absolute atomic E-state index is 4.41. The number of H-pyrrole nitrogens is 1. The molecule has 1 aliphatic heterocycles. The molecule has 4 heterocycles. The minimum absolute atomic E-state index is 0.363. The van der Waals surface area contributed by atoms with E-state index < -0.39 is 0 Å². The van der Waals surface area contributed by atoms with Gasteiger partial charge in [0.1, 0.15) is 11.3 Å². The second-order valence-corrected chi connectivity index (χ2v) is 5.21. The van der Waals surface area contributed by atoms with E-state index in [2.05, 4.69) is 35.0 Å². The molecule has 0 spiro atoms. The smallest absolute Gasteiger partial charge is 0.199 e. The average Bonchev–Trinajstić information content (AvgIpc) is 3.00. The third kappa shape index (κ3) is 2.20. The highest BCUT2D eigenvalue weighted by molar-refractivity contribution is 5.73. The zero-order valence-corrected chi connectivity index (χ0v) is 11.5. The van der Waals surface area contributed by atoms with E-state index in [1.165, 1.54) is 0 Å². The standard InChI is InChI=1S/C14H15N7/c1-2-10(9-21(7-1)11-8-15-3-4-16-11)12-13-14(20-19-12)18-6-5-17-13/h3-6,8,10H,1-2,7,9H2,(H,18,19,20)/t10-/m0/s1. The summed E-state index contributed by atoms with van der Waals surface area (Å²) in [6.07, 6.45) is 10.9. The van der Waals surface area contributed by atoms with Crippen molar-refractivity contribution in [3.63, 3.8) is 0 Å². The molecule has 1 aliphatic rings. The van der Waals surface area contributed by atoms with Gasteiger partial charge in [-0.3, -0.25) is 10.1 Å². The molecule has 7 nitrogen and oxygen atoms in total. The fourth-order valence-electron chi connectivity index (χ4n) is 2.93. The molecule has 3 aromatic heterocycles. The van der Waals surface area contributed by atoms with E-state index in [1.807, 2.05) is 6.20 Å². The lowest BCUT2D eigenvalue weighted by atomic mass is 9.94. The molecule has 0 bridgehead atoms. The van der Waals surface area contributed by atoms with Crippen LogP contribution in [-0.4, -0.2) is 43.2 Å². The van der Waals surface area contributed by atoms with Crippen LogP contribution in [0.15, 0.2) is 31.0 Å². The lowest BCUT2D eigenvalue weighted by Crippen LogP contribution is -2.35. The van der Waals surface area contributed by atoms with E-state index in [1.54, 1.807) is 24.8 Å². The van der Waals surface area contributed by atoms with Gasteiger partial charge in [0.05, 0.1) is 11.9 Å². The molecule has 0 aliphatic carbocycles. The Balaban J connectivity index is 1.64. The van der Waals surface area contributed by atoms with Crippen LogP contribution < -0.4 is 4.90 Å². The zero-order valence-electron chi connectivity index (χ0n) is 11.5. The van der Waals surface area contributed by atoms with Gasteiger partial charge in [0.2, 0.25) is 0 Å². The minimum atomic E-state index is 0.363. The highest BCUT2D eigenvalue weighted by atomic mass is 15.2. The van der Waals surface area contributed by atoms with Gasteiger partial charge in [-0.05, 0) is 12.8 Å². The Morgan fingerprint density at radius 1 is 1.10 bits per heavy atom. The summed E-state index contributed by atoms with van der Waals surface area (Å²) in [6.45, 7) is 1.90. The Bertz CT molecular complexity index is 739. The Morgan fingerprint density at radius 3 is 2.90 bits per heavy atom. The SMILES string of the molecule is c1cnc(N2CCC[C@H](c3[nH]nc4nccnc34)C2)cn1. The van der Waals surface area contributed by atoms with Crippen LogP contribution in [0.1, 0.15) is 24.5 Å². The third-order valence-electron chi connectivity index (χ3n) is 3.92. The van der Waals surface area contributed by atoms with Crippen molar-refractivity contribution >= 4 is 17.0 Å². The first-order valence-electron chi connectivity index (χ1n) is 7.08. The number of nitrogens with one attached hydrogen (secondary N) is 1. The molecular formula is C14H15N7. The van der Waals surface area contributed by atoms with Crippen LogP contribution in [0.4, 0.5) is 5.82 Å². The molecule has 0 aromatic carbocycles. The van der Waals surface area contributed by atoms with E-state index in [4.69, 9.17) is 0 Å². The number of aromatic amines is 1. The number of aromatic nitrogens is 6. The van der Waals surface area contributed by atoms with Gasteiger partial charge < -0.3 is 4.90 Å². The molecule has 3 aromatic rings. The third-order valence-corrected chi connectivity index (χ3v) is 3.92. The van der Waals surface area contributed by atoms with E-state index >= 15 is 0 Å². The van der Waals surface area contributed by atoms with E-state index in [0.717, 1.165) is 43.0 Å². The van der Waals surface area contributed by atoms with Crippen molar-refractivity contribution in [1.82, 2.24) is 30.1 Å². The van der Waals surface area contributed by atoms with Crippen molar-refractivity contribution in [2.24, 2.45) is 0 Å². The number of nitrogens with zero attached hydrogens (tertiary/aromatic N) is 6. The van der Waals surface area contributed by atoms with Crippen LogP contribution in [-0.2, 0) is 0 Å². The first-order chi connectivity index (χ1) is 10.4. The van der Waals surface area contributed by atoms with Gasteiger partial charge in [0, 0.05) is 43.8 Å². The van der Waals surface area contributed by atoms with Gasteiger partial charge in [-0.1, -0.05) is 0 Å². The predicted molar refractivity (Wildman–Crippen MR) is 77.9 cm³/mol. The molecule has 0 saturated carbocycles. The van der Waals surface area contributed by atoms with Crippen molar-refractivity contribution in [2.45, 2.75) is 18.8 Å². The van der Waals surface area contributed by atoms with Crippen LogP contribution in [0.25, 0.3) is 11.2 Å². The number of fused-ring (bicyclic) bond motifs is 1. The summed E-state index contributed by atoms with van der Waals surface area (Å²) in [4.78, 5) is 19.5. The molecule has 7 heteroatoms. The molecule has 0 radical (unpaired) electrons. The lowest BCUT2D eigenvalue weighted by Gasteiger charge is -2.32. The molecule has 4 rings (SSSR count). The first-order valence-corrected chi connectivity index (χ1v) is 7.08. The number of hydrogen-bond acceptors (Lipinski definition) is 6. The van der Waals surface area contributed by atoms with Gasteiger partial charge in [-0.2, -0.15) is 5.10 Å². The fraction of sp³-hybridized carbons (Fsp3) is 0.357. The molecule has 1 atom stereocenters. The summed E-state index contributed by atoms with van der Waals surface area (Å²) in [5.74, 6) is 1.29. The second-order valence-electron chi connectivity index (χ2n) is 5.21. The van der Waals surface area contributed by atoms with Crippen molar-refractivity contribution in [3.05, 3.63) is 36.7 Å². The van der Waals surface area contributed by atoms with Crippen LogP contribution in [0.2, 0.25) is 0 Å². The number of piperidine rings is 1. The van der Waals surface area contributed by atoms with Gasteiger partial charge in [0.15, 0.2) is 5.65 Å². The molecular weight excluding hydrogens is 266 g/mol. The van der Waals surface area contributed by atoms with Crippen molar-refractivity contribution in [2.75, 3.05) is 18.0 Å². The number of anilines is 1. The Kier molecular flexibility index (Phi) is 2.95. The molecule has 1 N–H and O–H groups in total. The van der Waals surface area contributed by atoms with E-state index in [9.17, 15) is 0 Å². The quantitative estimate of drug-likeness (QED) is 0.767. The lowest BCUT2D eigenvalue weighted by molar-refractivity contribution is 0.499. The van der Waals surface area contributed by atoms with Crippen LogP contribution >= 0.6 is 0 Å². The van der Waals surface area contributed by atoms with E-state index in [0.29, 0.717) is 11.6 Å².